The van der Waals surface area contributed by atoms with Crippen LogP contribution in [0.5, 0.6) is 0 Å². The molecule has 146 valence electrons. The van der Waals surface area contributed by atoms with Gasteiger partial charge in [0.2, 0.25) is 5.84 Å². The van der Waals surface area contributed by atoms with Gasteiger partial charge in [-0.2, -0.15) is 0 Å². The number of non-ortho nitro benzene ring substituents is 1. The zero-order valence-corrected chi connectivity index (χ0v) is 16.3. The largest absolute Gasteiger partial charge is 0.463 e. The van der Waals surface area contributed by atoms with Crippen LogP contribution in [0, 0.1) is 15.5 Å². The second-order valence-corrected chi connectivity index (χ2v) is 7.56. The van der Waals surface area contributed by atoms with E-state index in [1.807, 2.05) is 39.5 Å². The molecular weight excluding hydrogens is 352 g/mol. The molecule has 0 spiro atoms. The van der Waals surface area contributed by atoms with Crippen LogP contribution in [-0.4, -0.2) is 46.7 Å². The average Bonchev–Trinajstić information content (AvgIpc) is 2.97. The summed E-state index contributed by atoms with van der Waals surface area (Å²) in [6, 6.07) is 6.01. The van der Waals surface area contributed by atoms with E-state index in [1.165, 1.54) is 19.2 Å². The van der Waals surface area contributed by atoms with Crippen LogP contribution < -0.4 is 5.01 Å². The van der Waals surface area contributed by atoms with Crippen LogP contribution in [0.2, 0.25) is 0 Å². The monoisotopic (exact) mass is 376 g/mol. The molecule has 3 rings (SSSR count). The molecule has 27 heavy (non-hydrogen) atoms. The Balaban J connectivity index is 2.17. The molecule has 0 amide bonds. The number of benzene rings is 1. The lowest BCUT2D eigenvalue weighted by Crippen LogP contribution is -2.87. The molecular formula is C18H24N4O5. The molecule has 0 bridgehead atoms. The molecule has 2 heterocycles. The lowest BCUT2D eigenvalue weighted by Gasteiger charge is -2.71. The molecule has 9 heteroatoms. The Morgan fingerprint density at radius 3 is 2.30 bits per heavy atom. The molecule has 1 unspecified atom stereocenters. The summed E-state index contributed by atoms with van der Waals surface area (Å²) < 4.78 is 11.1. The van der Waals surface area contributed by atoms with Crippen molar-refractivity contribution >= 4 is 23.2 Å². The maximum atomic E-state index is 12.4. The van der Waals surface area contributed by atoms with Crippen LogP contribution in [0.4, 0.5) is 11.4 Å². The zero-order valence-electron chi connectivity index (χ0n) is 16.3. The number of amidine groups is 1. The topological polar surface area (TPSA) is 97.5 Å². The van der Waals surface area contributed by atoms with Gasteiger partial charge in [-0.1, -0.05) is 13.8 Å². The van der Waals surface area contributed by atoms with E-state index in [4.69, 9.17) is 9.47 Å². The molecule has 0 saturated carbocycles. The van der Waals surface area contributed by atoms with Crippen molar-refractivity contribution in [1.82, 2.24) is 4.90 Å². The Morgan fingerprint density at radius 2 is 1.81 bits per heavy atom. The van der Waals surface area contributed by atoms with Crippen LogP contribution >= 0.6 is 0 Å². The van der Waals surface area contributed by atoms with Gasteiger partial charge < -0.3 is 9.47 Å². The van der Waals surface area contributed by atoms with Gasteiger partial charge in [0.15, 0.2) is 0 Å². The standard InChI is InChI=1S/C18H24N4O5/c1-7-27-18-16(2,3)17(4,5)20(18)14(15(23)26-6)19-21(18)12-8-10-13(11-9-12)22(24)25/h8-11H,7H2,1-6H3. The minimum Gasteiger partial charge on any atom is -0.463 e. The third kappa shape index (κ3) is 2.21. The van der Waals surface area contributed by atoms with Gasteiger partial charge in [0.25, 0.3) is 11.5 Å². The van der Waals surface area contributed by atoms with Crippen molar-refractivity contribution in [1.29, 1.82) is 0 Å². The summed E-state index contributed by atoms with van der Waals surface area (Å²) in [6.07, 6.45) is 0. The van der Waals surface area contributed by atoms with E-state index in [0.717, 1.165) is 0 Å². The maximum Gasteiger partial charge on any atom is 0.375 e. The number of carbonyl (C=O) groups excluding carboxylic acids is 1. The summed E-state index contributed by atoms with van der Waals surface area (Å²) in [6.45, 7) is 10.4. The molecule has 2 aliphatic heterocycles. The highest BCUT2D eigenvalue weighted by Crippen LogP contribution is 2.64. The van der Waals surface area contributed by atoms with E-state index in [1.54, 1.807) is 17.1 Å². The number of esters is 1. The predicted octanol–water partition coefficient (Wildman–Crippen LogP) is 2.71. The first kappa shape index (κ1) is 19.1. The number of rotatable bonds is 5. The first-order valence-electron chi connectivity index (χ1n) is 8.72. The summed E-state index contributed by atoms with van der Waals surface area (Å²) in [5, 5.41) is 17.1. The number of fused-ring (bicyclic) bond motifs is 1. The van der Waals surface area contributed by atoms with E-state index >= 15 is 0 Å². The quantitative estimate of drug-likeness (QED) is 0.443. The fourth-order valence-electron chi connectivity index (χ4n) is 3.94. The number of carbonyl (C=O) groups is 1. The number of hydrogen-bond acceptors (Lipinski definition) is 8. The second-order valence-electron chi connectivity index (χ2n) is 7.56. The Hall–Kier alpha value is -2.68. The number of hydrazone groups is 1. The first-order valence-corrected chi connectivity index (χ1v) is 8.72. The normalized spacial score (nSPS) is 24.7. The SMILES string of the molecule is CCOC12N(c3ccc([N+](=O)[O-])cc3)N=C(C(=O)OC)N1C(C)(C)C2(C)C. The second kappa shape index (κ2) is 5.91. The molecule has 2 aliphatic rings. The van der Waals surface area contributed by atoms with Crippen molar-refractivity contribution in [2.45, 2.75) is 46.0 Å². The van der Waals surface area contributed by atoms with Crippen molar-refractivity contribution in [3.8, 4) is 0 Å². The van der Waals surface area contributed by atoms with E-state index < -0.39 is 27.7 Å². The van der Waals surface area contributed by atoms with Gasteiger partial charge in [-0.25, -0.2) is 9.80 Å². The summed E-state index contributed by atoms with van der Waals surface area (Å²) in [4.78, 5) is 24.7. The molecule has 1 aromatic rings. The van der Waals surface area contributed by atoms with Crippen LogP contribution in [0.1, 0.15) is 34.6 Å². The molecule has 0 radical (unpaired) electrons. The summed E-state index contributed by atoms with van der Waals surface area (Å²) >= 11 is 0. The van der Waals surface area contributed by atoms with Gasteiger partial charge in [0.05, 0.1) is 28.7 Å². The fourth-order valence-corrected chi connectivity index (χ4v) is 3.94. The number of ether oxygens (including phenoxy) is 2. The summed E-state index contributed by atoms with van der Waals surface area (Å²) in [7, 11) is 1.31. The van der Waals surface area contributed by atoms with Crippen LogP contribution in [0.15, 0.2) is 29.4 Å². The van der Waals surface area contributed by atoms with E-state index in [-0.39, 0.29) is 11.5 Å². The molecule has 9 nitrogen and oxygen atoms in total. The third-order valence-corrected chi connectivity index (χ3v) is 5.92. The van der Waals surface area contributed by atoms with E-state index in [9.17, 15) is 14.9 Å². The van der Waals surface area contributed by atoms with Crippen molar-refractivity contribution in [2.75, 3.05) is 18.7 Å². The number of nitrogens with zero attached hydrogens (tertiary/aromatic N) is 4. The Bertz CT molecular complexity index is 818. The lowest BCUT2D eigenvalue weighted by molar-refractivity contribution is -0.384. The van der Waals surface area contributed by atoms with Gasteiger partial charge in [0, 0.05) is 18.7 Å². The molecule has 1 atom stereocenters. The van der Waals surface area contributed by atoms with Gasteiger partial charge in [-0.3, -0.25) is 15.0 Å². The van der Waals surface area contributed by atoms with Crippen molar-refractivity contribution in [3.63, 3.8) is 0 Å². The number of methoxy groups -OCH3 is 1. The molecule has 1 fully saturated rings. The van der Waals surface area contributed by atoms with Gasteiger partial charge in [0.1, 0.15) is 0 Å². The number of anilines is 1. The number of hydrogen-bond donors (Lipinski definition) is 0. The van der Waals surface area contributed by atoms with Crippen molar-refractivity contribution in [2.24, 2.45) is 10.5 Å². The Labute approximate surface area is 157 Å². The van der Waals surface area contributed by atoms with E-state index in [2.05, 4.69) is 5.10 Å². The average molecular weight is 376 g/mol. The highest BCUT2D eigenvalue weighted by Gasteiger charge is 2.79. The summed E-state index contributed by atoms with van der Waals surface area (Å²) in [5.74, 6) is -1.45. The highest BCUT2D eigenvalue weighted by molar-refractivity contribution is 6.36. The fraction of sp³-hybridized carbons (Fsp3) is 0.556. The number of nitro benzene ring substituents is 1. The van der Waals surface area contributed by atoms with Crippen LogP contribution in [0.3, 0.4) is 0 Å². The Morgan fingerprint density at radius 1 is 1.22 bits per heavy atom. The van der Waals surface area contributed by atoms with Crippen LogP contribution in [0.25, 0.3) is 0 Å². The third-order valence-electron chi connectivity index (χ3n) is 5.92. The summed E-state index contributed by atoms with van der Waals surface area (Å²) in [5.41, 5.74) is -0.311. The minimum absolute atomic E-state index is 0.0226. The van der Waals surface area contributed by atoms with Crippen molar-refractivity contribution in [3.05, 3.63) is 34.4 Å². The smallest absolute Gasteiger partial charge is 0.375 e. The molecule has 1 aromatic carbocycles. The molecule has 0 N–H and O–H groups in total. The first-order chi connectivity index (χ1) is 12.6. The zero-order chi connectivity index (χ0) is 20.2. The lowest BCUT2D eigenvalue weighted by atomic mass is 9.59. The molecule has 0 aromatic heterocycles. The van der Waals surface area contributed by atoms with Gasteiger partial charge in [-0.05, 0) is 32.9 Å². The molecule has 1 saturated heterocycles. The van der Waals surface area contributed by atoms with Gasteiger partial charge in [-0.15, -0.1) is 5.10 Å². The van der Waals surface area contributed by atoms with Gasteiger partial charge >= 0.3 is 5.97 Å². The van der Waals surface area contributed by atoms with Crippen LogP contribution in [-0.2, 0) is 14.3 Å². The highest BCUT2D eigenvalue weighted by atomic mass is 16.6. The Kier molecular flexibility index (Phi) is 4.18. The molecule has 0 aliphatic carbocycles. The number of nitro groups is 1. The minimum atomic E-state index is -1.04. The van der Waals surface area contributed by atoms with E-state index in [0.29, 0.717) is 12.3 Å². The predicted molar refractivity (Wildman–Crippen MR) is 99.1 cm³/mol. The maximum absolute atomic E-state index is 12.4. The van der Waals surface area contributed by atoms with Crippen molar-refractivity contribution < 1.29 is 19.2 Å².